The van der Waals surface area contributed by atoms with Gasteiger partial charge in [0.15, 0.2) is 5.82 Å². The van der Waals surface area contributed by atoms with Crippen LogP contribution in [0.25, 0.3) is 5.57 Å². The van der Waals surface area contributed by atoms with Gasteiger partial charge < -0.3 is 0 Å². The first-order chi connectivity index (χ1) is 4.88. The van der Waals surface area contributed by atoms with E-state index in [1.165, 1.54) is 0 Å². The lowest BCUT2D eigenvalue weighted by Gasteiger charge is -2.12. The van der Waals surface area contributed by atoms with Gasteiger partial charge in [-0.1, -0.05) is 6.58 Å². The molecular formula is C7H9N3. The molecule has 0 N–H and O–H groups in total. The Balaban J connectivity index is 2.50. The summed E-state index contributed by atoms with van der Waals surface area (Å²) in [6.45, 7) is 4.90. The molecule has 0 aliphatic carbocycles. The zero-order valence-corrected chi connectivity index (χ0v) is 5.75. The van der Waals surface area contributed by atoms with Crippen molar-refractivity contribution in [3.8, 4) is 0 Å². The molecule has 2 rings (SSSR count). The van der Waals surface area contributed by atoms with E-state index in [1.54, 1.807) is 6.33 Å². The van der Waals surface area contributed by atoms with Crippen molar-refractivity contribution in [2.24, 2.45) is 0 Å². The third kappa shape index (κ3) is 0.667. The molecule has 1 aliphatic rings. The molecule has 0 aromatic carbocycles. The molecule has 0 amide bonds. The van der Waals surface area contributed by atoms with Gasteiger partial charge in [0, 0.05) is 6.54 Å². The molecule has 0 radical (unpaired) electrons. The maximum atomic E-state index is 4.09. The van der Waals surface area contributed by atoms with Crippen molar-refractivity contribution in [3.63, 3.8) is 0 Å². The van der Waals surface area contributed by atoms with Crippen LogP contribution in [0.15, 0.2) is 12.9 Å². The Hall–Kier alpha value is -1.12. The Labute approximate surface area is 59.4 Å². The van der Waals surface area contributed by atoms with Crippen molar-refractivity contribution < 1.29 is 0 Å². The molecule has 0 atom stereocenters. The second kappa shape index (κ2) is 1.94. The Morgan fingerprint density at radius 3 is 3.30 bits per heavy atom. The van der Waals surface area contributed by atoms with E-state index in [0.29, 0.717) is 0 Å². The van der Waals surface area contributed by atoms with E-state index < -0.39 is 0 Å². The highest BCUT2D eigenvalue weighted by molar-refractivity contribution is 5.57. The minimum Gasteiger partial charge on any atom is -0.246 e. The average Bonchev–Trinajstić information content (AvgIpc) is 2.36. The number of hydrogen-bond acceptors (Lipinski definition) is 2. The van der Waals surface area contributed by atoms with Crippen LogP contribution >= 0.6 is 0 Å². The van der Waals surface area contributed by atoms with Crippen molar-refractivity contribution in [3.05, 3.63) is 18.7 Å². The molecule has 3 nitrogen and oxygen atoms in total. The summed E-state index contributed by atoms with van der Waals surface area (Å²) < 4.78 is 1.91. The third-order valence-corrected chi connectivity index (χ3v) is 1.78. The number of allylic oxidation sites excluding steroid dienone is 1. The molecular weight excluding hydrogens is 126 g/mol. The molecule has 0 bridgehead atoms. The van der Waals surface area contributed by atoms with Crippen molar-refractivity contribution in [2.45, 2.75) is 19.4 Å². The van der Waals surface area contributed by atoms with Crippen LogP contribution in [0.2, 0.25) is 0 Å². The van der Waals surface area contributed by atoms with Crippen LogP contribution in [-0.2, 0) is 6.54 Å². The predicted molar refractivity (Wildman–Crippen MR) is 38.3 cm³/mol. The molecule has 1 aromatic heterocycles. The summed E-state index contributed by atoms with van der Waals surface area (Å²) in [4.78, 5) is 4.09. The zero-order chi connectivity index (χ0) is 6.97. The molecule has 0 saturated heterocycles. The fourth-order valence-corrected chi connectivity index (χ4v) is 1.26. The van der Waals surface area contributed by atoms with Crippen LogP contribution in [-0.4, -0.2) is 14.8 Å². The summed E-state index contributed by atoms with van der Waals surface area (Å²) in [6, 6.07) is 0. The lowest BCUT2D eigenvalue weighted by Crippen LogP contribution is -2.10. The van der Waals surface area contributed by atoms with Crippen LogP contribution in [0, 0.1) is 0 Å². The van der Waals surface area contributed by atoms with Crippen LogP contribution in [0.5, 0.6) is 0 Å². The first-order valence-corrected chi connectivity index (χ1v) is 3.44. The Morgan fingerprint density at radius 1 is 1.60 bits per heavy atom. The first kappa shape index (κ1) is 5.65. The minimum atomic E-state index is 0.964. The van der Waals surface area contributed by atoms with Gasteiger partial charge >= 0.3 is 0 Å². The predicted octanol–water partition coefficient (Wildman–Crippen LogP) is 1.09. The third-order valence-electron chi connectivity index (χ3n) is 1.78. The largest absolute Gasteiger partial charge is 0.246 e. The van der Waals surface area contributed by atoms with Crippen LogP contribution in [0.3, 0.4) is 0 Å². The van der Waals surface area contributed by atoms with Crippen molar-refractivity contribution >= 4 is 5.57 Å². The molecule has 1 aromatic rings. The fraction of sp³-hybridized carbons (Fsp3) is 0.429. The topological polar surface area (TPSA) is 30.7 Å². The summed E-state index contributed by atoms with van der Waals surface area (Å²) in [5.41, 5.74) is 1.11. The van der Waals surface area contributed by atoms with E-state index in [0.717, 1.165) is 30.8 Å². The Kier molecular flexibility index (Phi) is 1.09. The van der Waals surface area contributed by atoms with Crippen molar-refractivity contribution in [1.29, 1.82) is 0 Å². The second-order valence-corrected chi connectivity index (χ2v) is 2.51. The Morgan fingerprint density at radius 2 is 2.50 bits per heavy atom. The van der Waals surface area contributed by atoms with Gasteiger partial charge in [-0.3, -0.25) is 0 Å². The van der Waals surface area contributed by atoms with Gasteiger partial charge in [0.25, 0.3) is 0 Å². The van der Waals surface area contributed by atoms with E-state index in [1.807, 2.05) is 4.68 Å². The first-order valence-electron chi connectivity index (χ1n) is 3.44. The average molecular weight is 135 g/mol. The number of rotatable bonds is 0. The van der Waals surface area contributed by atoms with Gasteiger partial charge in [0.2, 0.25) is 0 Å². The van der Waals surface area contributed by atoms with Gasteiger partial charge in [-0.05, 0) is 18.4 Å². The van der Waals surface area contributed by atoms with E-state index in [4.69, 9.17) is 0 Å². The molecule has 0 saturated carbocycles. The van der Waals surface area contributed by atoms with Crippen LogP contribution in [0.1, 0.15) is 18.7 Å². The van der Waals surface area contributed by atoms with Gasteiger partial charge in [0.05, 0.1) is 0 Å². The number of fused-ring (bicyclic) bond motifs is 1. The number of hydrogen-bond donors (Lipinski definition) is 0. The highest BCUT2D eigenvalue weighted by Crippen LogP contribution is 2.20. The lowest BCUT2D eigenvalue weighted by molar-refractivity contribution is 0.552. The molecule has 1 aliphatic heterocycles. The number of aromatic nitrogens is 3. The van der Waals surface area contributed by atoms with E-state index in [2.05, 4.69) is 16.7 Å². The van der Waals surface area contributed by atoms with Gasteiger partial charge in [-0.25, -0.2) is 9.67 Å². The summed E-state index contributed by atoms with van der Waals surface area (Å²) in [5, 5.41) is 4.05. The molecule has 0 spiro atoms. The smallest absolute Gasteiger partial charge is 0.153 e. The van der Waals surface area contributed by atoms with E-state index in [-0.39, 0.29) is 0 Å². The molecule has 3 heteroatoms. The zero-order valence-electron chi connectivity index (χ0n) is 5.75. The molecule has 10 heavy (non-hydrogen) atoms. The molecule has 0 fully saturated rings. The quantitative estimate of drug-likeness (QED) is 0.533. The van der Waals surface area contributed by atoms with Gasteiger partial charge in [0.1, 0.15) is 6.33 Å². The van der Waals surface area contributed by atoms with E-state index in [9.17, 15) is 0 Å². The second-order valence-electron chi connectivity index (χ2n) is 2.51. The van der Waals surface area contributed by atoms with Crippen molar-refractivity contribution in [1.82, 2.24) is 14.8 Å². The van der Waals surface area contributed by atoms with E-state index >= 15 is 0 Å². The molecule has 0 unspecified atom stereocenters. The Bertz CT molecular complexity index is 262. The van der Waals surface area contributed by atoms with Gasteiger partial charge in [-0.2, -0.15) is 5.10 Å². The molecule has 2 heterocycles. The lowest BCUT2D eigenvalue weighted by atomic mass is 10.1. The summed E-state index contributed by atoms with van der Waals surface area (Å²) in [5.74, 6) is 0.964. The summed E-state index contributed by atoms with van der Waals surface area (Å²) >= 11 is 0. The summed E-state index contributed by atoms with van der Waals surface area (Å²) in [7, 11) is 0. The highest BCUT2D eigenvalue weighted by Gasteiger charge is 2.12. The summed E-state index contributed by atoms with van der Waals surface area (Å²) in [6.07, 6.45) is 3.81. The number of nitrogens with zero attached hydrogens (tertiary/aromatic N) is 3. The maximum Gasteiger partial charge on any atom is 0.153 e. The fourth-order valence-electron chi connectivity index (χ4n) is 1.26. The number of aryl methyl sites for hydroxylation is 1. The van der Waals surface area contributed by atoms with Crippen molar-refractivity contribution in [2.75, 3.05) is 0 Å². The molecule has 52 valence electrons. The minimum absolute atomic E-state index is 0.964. The highest BCUT2D eigenvalue weighted by atomic mass is 15.3. The SMILES string of the molecule is C=C1CCCn2ncnc21. The standard InChI is InChI=1S/C7H9N3/c1-6-3-2-4-10-7(6)8-5-9-10/h5H,1-4H2. The van der Waals surface area contributed by atoms with Gasteiger partial charge in [-0.15, -0.1) is 0 Å². The maximum absolute atomic E-state index is 4.09. The van der Waals surface area contributed by atoms with Crippen LogP contribution in [0.4, 0.5) is 0 Å². The normalized spacial score (nSPS) is 17.0. The van der Waals surface area contributed by atoms with Crippen LogP contribution < -0.4 is 0 Å². The monoisotopic (exact) mass is 135 g/mol.